The monoisotopic (exact) mass is 378 g/mol. The van der Waals surface area contributed by atoms with Gasteiger partial charge in [0, 0.05) is 13.6 Å². The summed E-state index contributed by atoms with van der Waals surface area (Å²) in [5.41, 5.74) is -2.56. The Labute approximate surface area is 150 Å². The predicted octanol–water partition coefficient (Wildman–Crippen LogP) is 4.58. The van der Waals surface area contributed by atoms with Crippen LogP contribution in [0.1, 0.15) is 39.2 Å². The molecule has 0 spiro atoms. The summed E-state index contributed by atoms with van der Waals surface area (Å²) >= 11 is 5.87. The number of hydrogen-bond donors (Lipinski definition) is 1. The normalized spacial score (nSPS) is 12.0. The quantitative estimate of drug-likeness (QED) is 0.736. The van der Waals surface area contributed by atoms with Crippen LogP contribution in [0.4, 0.5) is 18.9 Å². The van der Waals surface area contributed by atoms with Gasteiger partial charge in [-0.1, -0.05) is 24.9 Å². The van der Waals surface area contributed by atoms with Gasteiger partial charge in [-0.2, -0.15) is 13.2 Å². The van der Waals surface area contributed by atoms with Crippen LogP contribution in [0.15, 0.2) is 18.2 Å². The standard InChI is InChI=1S/C17H22ClF3N2O2/c1-5-6-9-23(4)15(25)16(2,3)14(24)22-13-10-11(17(19,20)21)7-8-12(13)18/h7-8,10H,5-6,9H2,1-4H3,(H,22,24). The Hall–Kier alpha value is -1.76. The Morgan fingerprint density at radius 1 is 1.24 bits per heavy atom. The molecule has 1 rings (SSSR count). The zero-order valence-electron chi connectivity index (χ0n) is 14.6. The lowest BCUT2D eigenvalue weighted by Gasteiger charge is -2.28. The number of halogens is 4. The van der Waals surface area contributed by atoms with Crippen molar-refractivity contribution in [2.24, 2.45) is 5.41 Å². The molecule has 2 amide bonds. The van der Waals surface area contributed by atoms with Crippen LogP contribution in [0.5, 0.6) is 0 Å². The van der Waals surface area contributed by atoms with E-state index in [0.29, 0.717) is 6.54 Å². The highest BCUT2D eigenvalue weighted by Crippen LogP contribution is 2.34. The first kappa shape index (κ1) is 21.3. The third-order valence-corrected chi connectivity index (χ3v) is 4.17. The summed E-state index contributed by atoms with van der Waals surface area (Å²) in [7, 11) is 1.59. The van der Waals surface area contributed by atoms with Crippen LogP contribution in [-0.4, -0.2) is 30.3 Å². The highest BCUT2D eigenvalue weighted by Gasteiger charge is 2.38. The van der Waals surface area contributed by atoms with Crippen LogP contribution in [0.25, 0.3) is 0 Å². The molecule has 0 fully saturated rings. The van der Waals surface area contributed by atoms with Gasteiger partial charge >= 0.3 is 6.18 Å². The number of anilines is 1. The fraction of sp³-hybridized carbons (Fsp3) is 0.529. The molecule has 0 saturated heterocycles. The van der Waals surface area contributed by atoms with E-state index < -0.39 is 29.0 Å². The first-order valence-electron chi connectivity index (χ1n) is 7.85. The van der Waals surface area contributed by atoms with Crippen LogP contribution in [0.3, 0.4) is 0 Å². The van der Waals surface area contributed by atoms with Crippen molar-refractivity contribution in [1.82, 2.24) is 4.90 Å². The van der Waals surface area contributed by atoms with E-state index in [1.807, 2.05) is 6.92 Å². The number of carbonyl (C=O) groups excluding carboxylic acids is 2. The lowest BCUT2D eigenvalue weighted by Crippen LogP contribution is -2.46. The van der Waals surface area contributed by atoms with Crippen LogP contribution in [0, 0.1) is 5.41 Å². The van der Waals surface area contributed by atoms with Gasteiger partial charge < -0.3 is 10.2 Å². The maximum absolute atomic E-state index is 12.8. The van der Waals surface area contributed by atoms with E-state index >= 15 is 0 Å². The number of amides is 2. The molecule has 0 atom stereocenters. The molecule has 0 saturated carbocycles. The molecule has 0 bridgehead atoms. The van der Waals surface area contributed by atoms with Crippen molar-refractivity contribution in [1.29, 1.82) is 0 Å². The minimum atomic E-state index is -4.56. The number of carbonyl (C=O) groups is 2. The van der Waals surface area contributed by atoms with Gasteiger partial charge in [-0.15, -0.1) is 0 Å². The molecule has 4 nitrogen and oxygen atoms in total. The molecular weight excluding hydrogens is 357 g/mol. The van der Waals surface area contributed by atoms with Crippen LogP contribution in [0.2, 0.25) is 5.02 Å². The molecule has 8 heteroatoms. The van der Waals surface area contributed by atoms with E-state index in [1.54, 1.807) is 7.05 Å². The fourth-order valence-electron chi connectivity index (χ4n) is 2.15. The number of benzene rings is 1. The summed E-state index contributed by atoms with van der Waals surface area (Å²) in [5.74, 6) is -1.14. The molecule has 0 heterocycles. The molecule has 0 unspecified atom stereocenters. The summed E-state index contributed by atoms with van der Waals surface area (Å²) in [4.78, 5) is 26.4. The SMILES string of the molecule is CCCCN(C)C(=O)C(C)(C)C(=O)Nc1cc(C(F)(F)F)ccc1Cl. The Bertz CT molecular complexity index is 645. The van der Waals surface area contributed by atoms with E-state index in [0.717, 1.165) is 31.0 Å². The number of nitrogens with one attached hydrogen (secondary N) is 1. The topological polar surface area (TPSA) is 49.4 Å². The molecule has 0 aromatic heterocycles. The smallest absolute Gasteiger partial charge is 0.345 e. The summed E-state index contributed by atoms with van der Waals surface area (Å²) in [5, 5.41) is 2.30. The van der Waals surface area contributed by atoms with Crippen LogP contribution in [-0.2, 0) is 15.8 Å². The minimum Gasteiger partial charge on any atom is -0.345 e. The summed E-state index contributed by atoms with van der Waals surface area (Å²) in [6, 6.07) is 2.64. The van der Waals surface area contributed by atoms with Crippen molar-refractivity contribution in [3.63, 3.8) is 0 Å². The van der Waals surface area contributed by atoms with E-state index in [2.05, 4.69) is 5.32 Å². The Morgan fingerprint density at radius 3 is 2.36 bits per heavy atom. The largest absolute Gasteiger partial charge is 0.416 e. The second-order valence-electron chi connectivity index (χ2n) is 6.35. The Morgan fingerprint density at radius 2 is 1.84 bits per heavy atom. The summed E-state index contributed by atoms with van der Waals surface area (Å²) < 4.78 is 38.4. The summed E-state index contributed by atoms with van der Waals surface area (Å²) in [6.07, 6.45) is -2.88. The van der Waals surface area contributed by atoms with Crippen molar-refractivity contribution >= 4 is 29.1 Å². The third kappa shape index (κ3) is 5.36. The number of unbranched alkanes of at least 4 members (excludes halogenated alkanes) is 1. The van der Waals surface area contributed by atoms with Crippen LogP contribution < -0.4 is 5.32 Å². The highest BCUT2D eigenvalue weighted by atomic mass is 35.5. The van der Waals surface area contributed by atoms with Gasteiger partial charge in [0.1, 0.15) is 5.41 Å². The minimum absolute atomic E-state index is 0.0380. The van der Waals surface area contributed by atoms with Crippen LogP contribution >= 0.6 is 11.6 Å². The maximum Gasteiger partial charge on any atom is 0.416 e. The van der Waals surface area contributed by atoms with Crippen molar-refractivity contribution in [3.05, 3.63) is 28.8 Å². The average Bonchev–Trinajstić information content (AvgIpc) is 2.52. The molecule has 1 N–H and O–H groups in total. The van der Waals surface area contributed by atoms with Gasteiger partial charge in [-0.05, 0) is 38.5 Å². The lowest BCUT2D eigenvalue weighted by molar-refractivity contribution is -0.145. The number of alkyl halides is 3. The third-order valence-electron chi connectivity index (χ3n) is 3.84. The fourth-order valence-corrected chi connectivity index (χ4v) is 2.31. The van der Waals surface area contributed by atoms with Gasteiger partial charge in [0.05, 0.1) is 16.3 Å². The Kier molecular flexibility index (Phi) is 6.88. The van der Waals surface area contributed by atoms with Gasteiger partial charge in [0.25, 0.3) is 0 Å². The number of nitrogens with zero attached hydrogens (tertiary/aromatic N) is 1. The van der Waals surface area contributed by atoms with Gasteiger partial charge in [-0.25, -0.2) is 0 Å². The van der Waals surface area contributed by atoms with Gasteiger partial charge in [-0.3, -0.25) is 9.59 Å². The van der Waals surface area contributed by atoms with Crippen molar-refractivity contribution in [2.75, 3.05) is 18.9 Å². The lowest BCUT2D eigenvalue weighted by atomic mass is 9.90. The molecule has 1 aromatic rings. The van der Waals surface area contributed by atoms with E-state index in [-0.39, 0.29) is 10.7 Å². The van der Waals surface area contributed by atoms with Crippen molar-refractivity contribution in [2.45, 2.75) is 39.8 Å². The van der Waals surface area contributed by atoms with E-state index in [4.69, 9.17) is 11.6 Å². The van der Waals surface area contributed by atoms with Crippen molar-refractivity contribution in [3.8, 4) is 0 Å². The Balaban J connectivity index is 2.99. The molecule has 0 radical (unpaired) electrons. The zero-order chi connectivity index (χ0) is 19.4. The van der Waals surface area contributed by atoms with Gasteiger partial charge in [0.15, 0.2) is 0 Å². The van der Waals surface area contributed by atoms with Gasteiger partial charge in [0.2, 0.25) is 11.8 Å². The first-order valence-corrected chi connectivity index (χ1v) is 8.22. The number of rotatable bonds is 6. The van der Waals surface area contributed by atoms with E-state index in [1.165, 1.54) is 18.7 Å². The first-order chi connectivity index (χ1) is 11.4. The zero-order valence-corrected chi connectivity index (χ0v) is 15.4. The predicted molar refractivity (Wildman–Crippen MR) is 91.4 cm³/mol. The average molecular weight is 379 g/mol. The molecule has 25 heavy (non-hydrogen) atoms. The highest BCUT2D eigenvalue weighted by molar-refractivity contribution is 6.34. The maximum atomic E-state index is 12.8. The molecule has 140 valence electrons. The molecule has 0 aliphatic carbocycles. The number of hydrogen-bond acceptors (Lipinski definition) is 2. The molecular formula is C17H22ClF3N2O2. The summed E-state index contributed by atoms with van der Waals surface area (Å²) in [6.45, 7) is 5.32. The molecule has 0 aliphatic rings. The second kappa shape index (κ2) is 8.08. The molecule has 1 aromatic carbocycles. The molecule has 0 aliphatic heterocycles. The van der Waals surface area contributed by atoms with E-state index in [9.17, 15) is 22.8 Å². The second-order valence-corrected chi connectivity index (χ2v) is 6.76. The van der Waals surface area contributed by atoms with Crippen molar-refractivity contribution < 1.29 is 22.8 Å².